The van der Waals surface area contributed by atoms with E-state index in [0.717, 1.165) is 23.8 Å². The van der Waals surface area contributed by atoms with E-state index in [0.29, 0.717) is 17.2 Å². The van der Waals surface area contributed by atoms with Gasteiger partial charge in [-0.15, -0.1) is 0 Å². The van der Waals surface area contributed by atoms with Crippen LogP contribution in [0.1, 0.15) is 27.0 Å². The van der Waals surface area contributed by atoms with Gasteiger partial charge in [-0.05, 0) is 41.8 Å². The van der Waals surface area contributed by atoms with Gasteiger partial charge >= 0.3 is 6.18 Å². The molecule has 3 rings (SSSR count). The van der Waals surface area contributed by atoms with Crippen LogP contribution in [-0.2, 0) is 28.9 Å². The normalized spacial score (nSPS) is 12.0. The van der Waals surface area contributed by atoms with Crippen molar-refractivity contribution >= 4 is 15.6 Å². The Hall–Kier alpha value is -3.00. The van der Waals surface area contributed by atoms with Crippen LogP contribution in [0.15, 0.2) is 78.0 Å². The minimum atomic E-state index is -4.61. The number of aromatic nitrogens is 1. The lowest BCUT2D eigenvalue weighted by atomic mass is 10.0. The summed E-state index contributed by atoms with van der Waals surface area (Å²) in [4.78, 5) is 15.9. The Labute approximate surface area is 172 Å². The van der Waals surface area contributed by atoms with Gasteiger partial charge in [0.25, 0.3) is 0 Å². The number of benzene rings is 2. The first kappa shape index (κ1) is 21.7. The van der Waals surface area contributed by atoms with E-state index in [-0.39, 0.29) is 29.3 Å². The zero-order valence-electron chi connectivity index (χ0n) is 15.8. The summed E-state index contributed by atoms with van der Waals surface area (Å²) in [6.07, 6.45) is -1.04. The molecule has 8 heteroatoms. The number of pyridine rings is 1. The van der Waals surface area contributed by atoms with Crippen LogP contribution >= 0.6 is 0 Å². The van der Waals surface area contributed by atoms with Crippen molar-refractivity contribution in [2.24, 2.45) is 0 Å². The van der Waals surface area contributed by atoms with Crippen LogP contribution in [0.3, 0.4) is 0 Å². The number of nitrogens with zero attached hydrogens (tertiary/aromatic N) is 1. The first-order chi connectivity index (χ1) is 14.1. The summed E-state index contributed by atoms with van der Waals surface area (Å²) in [6, 6.07) is 13.8. The number of alkyl halides is 3. The van der Waals surface area contributed by atoms with E-state index < -0.39 is 21.6 Å². The van der Waals surface area contributed by atoms with Gasteiger partial charge in [0.15, 0.2) is 15.6 Å². The number of halogens is 3. The van der Waals surface area contributed by atoms with Gasteiger partial charge in [-0.1, -0.05) is 36.4 Å². The first-order valence-electron chi connectivity index (χ1n) is 9.06. The van der Waals surface area contributed by atoms with Crippen LogP contribution in [0.25, 0.3) is 0 Å². The van der Waals surface area contributed by atoms with E-state index in [2.05, 4.69) is 4.98 Å². The van der Waals surface area contributed by atoms with Crippen molar-refractivity contribution in [2.75, 3.05) is 5.75 Å². The predicted molar refractivity (Wildman–Crippen MR) is 106 cm³/mol. The zero-order valence-corrected chi connectivity index (χ0v) is 16.6. The highest BCUT2D eigenvalue weighted by molar-refractivity contribution is 7.91. The molecule has 0 bridgehead atoms. The van der Waals surface area contributed by atoms with Crippen LogP contribution in [0.4, 0.5) is 13.2 Å². The van der Waals surface area contributed by atoms with Gasteiger partial charge in [-0.2, -0.15) is 13.2 Å². The molecule has 0 saturated carbocycles. The van der Waals surface area contributed by atoms with E-state index in [9.17, 15) is 26.4 Å². The highest BCUT2D eigenvalue weighted by Crippen LogP contribution is 2.30. The smallest absolute Gasteiger partial charge is 0.294 e. The van der Waals surface area contributed by atoms with Gasteiger partial charge in [0, 0.05) is 24.4 Å². The van der Waals surface area contributed by atoms with Crippen molar-refractivity contribution in [3.05, 3.63) is 95.3 Å². The number of hydrogen-bond donors (Lipinski definition) is 0. The van der Waals surface area contributed by atoms with Gasteiger partial charge in [0.1, 0.15) is 0 Å². The molecule has 2 aromatic carbocycles. The van der Waals surface area contributed by atoms with Crippen molar-refractivity contribution in [3.8, 4) is 0 Å². The van der Waals surface area contributed by atoms with Crippen LogP contribution in [0, 0.1) is 0 Å². The summed E-state index contributed by atoms with van der Waals surface area (Å²) >= 11 is 0. The summed E-state index contributed by atoms with van der Waals surface area (Å²) in [6.45, 7) is 0. The molecule has 156 valence electrons. The quantitative estimate of drug-likeness (QED) is 0.513. The second kappa shape index (κ2) is 8.79. The van der Waals surface area contributed by atoms with Crippen molar-refractivity contribution in [1.82, 2.24) is 4.98 Å². The molecular weight excluding hydrogens is 415 g/mol. The minimum Gasteiger partial charge on any atom is -0.294 e. The van der Waals surface area contributed by atoms with E-state index in [1.165, 1.54) is 0 Å². The van der Waals surface area contributed by atoms with Crippen molar-refractivity contribution in [2.45, 2.75) is 23.9 Å². The highest BCUT2D eigenvalue weighted by Gasteiger charge is 2.31. The molecule has 1 aromatic heterocycles. The molecule has 0 atom stereocenters. The maximum absolute atomic E-state index is 12.8. The maximum Gasteiger partial charge on any atom is 0.416 e. The molecule has 0 fully saturated rings. The number of carbonyl (C=O) groups is 1. The summed E-state index contributed by atoms with van der Waals surface area (Å²) in [5.74, 6) is -0.428. The number of ketones is 1. The third-order valence-corrected chi connectivity index (χ3v) is 6.26. The Kier molecular flexibility index (Phi) is 6.36. The second-order valence-corrected chi connectivity index (χ2v) is 8.86. The summed E-state index contributed by atoms with van der Waals surface area (Å²) in [7, 11) is -3.88. The van der Waals surface area contributed by atoms with Gasteiger partial charge in [-0.25, -0.2) is 8.42 Å². The Balaban J connectivity index is 1.65. The molecule has 0 radical (unpaired) electrons. The van der Waals surface area contributed by atoms with Crippen molar-refractivity contribution < 1.29 is 26.4 Å². The summed E-state index contributed by atoms with van der Waals surface area (Å²) in [5.41, 5.74) is 0.950. The average molecular weight is 433 g/mol. The maximum atomic E-state index is 12.8. The fourth-order valence-electron chi connectivity index (χ4n) is 2.88. The SMILES string of the molecule is O=C(Cc1cccnc1)c1ccc(CCS(=O)(=O)c2cccc(C(F)(F)F)c2)cc1. The Morgan fingerprint density at radius 2 is 1.67 bits per heavy atom. The molecule has 0 aliphatic carbocycles. The van der Waals surface area contributed by atoms with E-state index in [1.54, 1.807) is 48.8 Å². The number of aryl methyl sites for hydroxylation is 1. The molecule has 0 spiro atoms. The number of rotatable bonds is 7. The largest absolute Gasteiger partial charge is 0.416 e. The zero-order chi connectivity index (χ0) is 21.8. The molecule has 0 unspecified atom stereocenters. The molecule has 0 amide bonds. The van der Waals surface area contributed by atoms with Gasteiger partial charge in [0.2, 0.25) is 0 Å². The van der Waals surface area contributed by atoms with Crippen molar-refractivity contribution in [1.29, 1.82) is 0 Å². The topological polar surface area (TPSA) is 64.1 Å². The molecule has 0 N–H and O–H groups in total. The van der Waals surface area contributed by atoms with Crippen LogP contribution < -0.4 is 0 Å². The molecule has 0 aliphatic heterocycles. The lowest BCUT2D eigenvalue weighted by Gasteiger charge is -2.10. The summed E-state index contributed by atoms with van der Waals surface area (Å²) < 4.78 is 63.3. The molecule has 3 aromatic rings. The fourth-order valence-corrected chi connectivity index (χ4v) is 4.22. The first-order valence-corrected chi connectivity index (χ1v) is 10.7. The predicted octanol–water partition coefficient (Wildman–Crippen LogP) is 4.54. The lowest BCUT2D eigenvalue weighted by Crippen LogP contribution is -2.12. The summed E-state index contributed by atoms with van der Waals surface area (Å²) in [5, 5.41) is 0. The average Bonchev–Trinajstić information content (AvgIpc) is 2.73. The third kappa shape index (κ3) is 5.54. The third-order valence-electron chi connectivity index (χ3n) is 4.54. The highest BCUT2D eigenvalue weighted by atomic mass is 32.2. The van der Waals surface area contributed by atoms with E-state index >= 15 is 0 Å². The second-order valence-electron chi connectivity index (χ2n) is 6.75. The van der Waals surface area contributed by atoms with Gasteiger partial charge < -0.3 is 0 Å². The Morgan fingerprint density at radius 1 is 0.933 bits per heavy atom. The van der Waals surface area contributed by atoms with Gasteiger partial charge in [-0.3, -0.25) is 9.78 Å². The van der Waals surface area contributed by atoms with E-state index in [1.807, 2.05) is 0 Å². The molecule has 4 nitrogen and oxygen atoms in total. The van der Waals surface area contributed by atoms with Gasteiger partial charge in [0.05, 0.1) is 16.2 Å². The van der Waals surface area contributed by atoms with E-state index in [4.69, 9.17) is 0 Å². The molecule has 30 heavy (non-hydrogen) atoms. The molecular formula is C22H18F3NO3S. The molecule has 0 aliphatic rings. The van der Waals surface area contributed by atoms with Crippen LogP contribution in [0.5, 0.6) is 0 Å². The Bertz CT molecular complexity index is 1130. The fraction of sp³-hybridized carbons (Fsp3) is 0.182. The minimum absolute atomic E-state index is 0.0915. The standard InChI is InChI=1S/C22H18F3NO3S/c23-22(24,25)19-4-1-5-20(14-19)30(28,29)12-10-16-6-8-18(9-7-16)21(27)13-17-3-2-11-26-15-17/h1-9,11,14-15H,10,12-13H2. The number of hydrogen-bond acceptors (Lipinski definition) is 4. The van der Waals surface area contributed by atoms with Crippen LogP contribution in [-0.4, -0.2) is 24.9 Å². The molecule has 1 heterocycles. The number of sulfone groups is 1. The molecule has 0 saturated heterocycles. The number of Topliss-reactive ketones (excluding diaryl/α,β-unsaturated/α-hetero) is 1. The number of carbonyl (C=O) groups excluding carboxylic acids is 1. The monoisotopic (exact) mass is 433 g/mol. The Morgan fingerprint density at radius 3 is 2.30 bits per heavy atom. The van der Waals surface area contributed by atoms with Crippen molar-refractivity contribution in [3.63, 3.8) is 0 Å². The van der Waals surface area contributed by atoms with Crippen LogP contribution in [0.2, 0.25) is 0 Å². The lowest BCUT2D eigenvalue weighted by molar-refractivity contribution is -0.137.